The van der Waals surface area contributed by atoms with Gasteiger partial charge in [0.25, 0.3) is 0 Å². The number of hydrogen-bond acceptors (Lipinski definition) is 5. The van der Waals surface area contributed by atoms with Gasteiger partial charge < -0.3 is 9.47 Å². The average molecular weight is 396 g/mol. The molecule has 3 aromatic rings. The van der Waals surface area contributed by atoms with Gasteiger partial charge in [0.15, 0.2) is 11.0 Å². The number of methoxy groups -OCH3 is 1. The van der Waals surface area contributed by atoms with Crippen molar-refractivity contribution in [3.8, 4) is 17.1 Å². The number of thioether (sulfide) groups is 1. The maximum atomic E-state index is 5.88. The Morgan fingerprint density at radius 2 is 1.96 bits per heavy atom. The summed E-state index contributed by atoms with van der Waals surface area (Å²) < 4.78 is 13.4. The van der Waals surface area contributed by atoms with Gasteiger partial charge in [0.1, 0.15) is 5.75 Å². The molecule has 0 amide bonds. The molecule has 0 aliphatic carbocycles. The number of aromatic nitrogens is 3. The van der Waals surface area contributed by atoms with Gasteiger partial charge in [-0.2, -0.15) is 0 Å². The predicted molar refractivity (Wildman–Crippen MR) is 112 cm³/mol. The van der Waals surface area contributed by atoms with Gasteiger partial charge in [-0.3, -0.25) is 4.57 Å². The van der Waals surface area contributed by atoms with Crippen molar-refractivity contribution in [1.29, 1.82) is 0 Å². The van der Waals surface area contributed by atoms with E-state index in [0.29, 0.717) is 0 Å². The van der Waals surface area contributed by atoms with Crippen LogP contribution in [0.25, 0.3) is 11.4 Å². The molecule has 0 N–H and O–H groups in total. The molecule has 1 unspecified atom stereocenters. The molecular weight excluding hydrogens is 370 g/mol. The van der Waals surface area contributed by atoms with Crippen molar-refractivity contribution in [2.24, 2.45) is 0 Å². The summed E-state index contributed by atoms with van der Waals surface area (Å²) in [6.07, 6.45) is 2.43. The van der Waals surface area contributed by atoms with Crippen LogP contribution in [0.3, 0.4) is 0 Å². The largest absolute Gasteiger partial charge is 0.497 e. The van der Waals surface area contributed by atoms with E-state index in [1.54, 1.807) is 18.9 Å². The first kappa shape index (κ1) is 19.0. The molecule has 0 radical (unpaired) electrons. The van der Waals surface area contributed by atoms with E-state index in [0.717, 1.165) is 54.0 Å². The molecule has 146 valence electrons. The number of aryl methyl sites for hydroxylation is 1. The molecule has 6 heteroatoms. The summed E-state index contributed by atoms with van der Waals surface area (Å²) in [5.74, 6) is 2.59. The summed E-state index contributed by atoms with van der Waals surface area (Å²) in [4.78, 5) is 0. The first-order valence-electron chi connectivity index (χ1n) is 9.61. The number of rotatable bonds is 7. The number of nitrogens with zero attached hydrogens (tertiary/aromatic N) is 3. The number of hydrogen-bond donors (Lipinski definition) is 0. The van der Waals surface area contributed by atoms with Crippen LogP contribution in [0.2, 0.25) is 0 Å². The second-order valence-electron chi connectivity index (χ2n) is 7.00. The zero-order chi connectivity index (χ0) is 19.3. The molecule has 1 atom stereocenters. The van der Waals surface area contributed by atoms with Gasteiger partial charge in [-0.15, -0.1) is 10.2 Å². The molecule has 1 aliphatic heterocycles. The monoisotopic (exact) mass is 395 g/mol. The summed E-state index contributed by atoms with van der Waals surface area (Å²) >= 11 is 1.73. The molecule has 0 saturated carbocycles. The molecule has 2 heterocycles. The molecule has 1 saturated heterocycles. The molecular formula is C22H25N3O2S. The zero-order valence-electron chi connectivity index (χ0n) is 16.3. The van der Waals surface area contributed by atoms with E-state index >= 15 is 0 Å². The molecule has 0 bridgehead atoms. The highest BCUT2D eigenvalue weighted by molar-refractivity contribution is 7.98. The third-order valence-corrected chi connectivity index (χ3v) is 6.11. The van der Waals surface area contributed by atoms with Crippen LogP contribution in [0, 0.1) is 6.92 Å². The van der Waals surface area contributed by atoms with Crippen LogP contribution in [0.4, 0.5) is 0 Å². The van der Waals surface area contributed by atoms with E-state index in [1.165, 1.54) is 11.1 Å². The van der Waals surface area contributed by atoms with Crippen LogP contribution in [-0.2, 0) is 17.0 Å². The van der Waals surface area contributed by atoms with Crippen LogP contribution in [0.15, 0.2) is 53.7 Å². The summed E-state index contributed by atoms with van der Waals surface area (Å²) in [5.41, 5.74) is 3.66. The first-order valence-corrected chi connectivity index (χ1v) is 10.6. The SMILES string of the molecule is COc1ccc(-c2nnc(SCc3ccccc3C)n2CC2CCCO2)cc1. The lowest BCUT2D eigenvalue weighted by Gasteiger charge is -2.15. The second-order valence-corrected chi connectivity index (χ2v) is 7.94. The van der Waals surface area contributed by atoms with Crippen molar-refractivity contribution in [3.05, 3.63) is 59.7 Å². The van der Waals surface area contributed by atoms with Gasteiger partial charge in [0.2, 0.25) is 0 Å². The van der Waals surface area contributed by atoms with Gasteiger partial charge in [-0.05, 0) is 55.2 Å². The maximum absolute atomic E-state index is 5.88. The van der Waals surface area contributed by atoms with Crippen molar-refractivity contribution in [1.82, 2.24) is 14.8 Å². The van der Waals surface area contributed by atoms with Crippen molar-refractivity contribution in [2.75, 3.05) is 13.7 Å². The molecule has 4 rings (SSSR count). The molecule has 1 aromatic heterocycles. The highest BCUT2D eigenvalue weighted by atomic mass is 32.2. The Balaban J connectivity index is 1.61. The highest BCUT2D eigenvalue weighted by Crippen LogP contribution is 2.29. The Morgan fingerprint density at radius 3 is 2.68 bits per heavy atom. The van der Waals surface area contributed by atoms with E-state index in [1.807, 2.05) is 24.3 Å². The van der Waals surface area contributed by atoms with Crippen molar-refractivity contribution in [2.45, 2.75) is 43.3 Å². The van der Waals surface area contributed by atoms with Crippen molar-refractivity contribution in [3.63, 3.8) is 0 Å². The van der Waals surface area contributed by atoms with Crippen LogP contribution >= 0.6 is 11.8 Å². The van der Waals surface area contributed by atoms with Crippen LogP contribution < -0.4 is 4.74 Å². The maximum Gasteiger partial charge on any atom is 0.191 e. The van der Waals surface area contributed by atoms with Crippen LogP contribution in [-0.4, -0.2) is 34.6 Å². The lowest BCUT2D eigenvalue weighted by atomic mass is 10.1. The smallest absolute Gasteiger partial charge is 0.191 e. The van der Waals surface area contributed by atoms with E-state index in [-0.39, 0.29) is 6.10 Å². The van der Waals surface area contributed by atoms with Crippen molar-refractivity contribution < 1.29 is 9.47 Å². The van der Waals surface area contributed by atoms with Gasteiger partial charge in [0.05, 0.1) is 19.8 Å². The Hall–Kier alpha value is -2.31. The quantitative estimate of drug-likeness (QED) is 0.541. The van der Waals surface area contributed by atoms with Gasteiger partial charge in [-0.25, -0.2) is 0 Å². The first-order chi connectivity index (χ1) is 13.7. The minimum atomic E-state index is 0.228. The van der Waals surface area contributed by atoms with Gasteiger partial charge in [-0.1, -0.05) is 36.0 Å². The summed E-state index contributed by atoms with van der Waals surface area (Å²) in [7, 11) is 1.68. The van der Waals surface area contributed by atoms with Crippen LogP contribution in [0.1, 0.15) is 24.0 Å². The average Bonchev–Trinajstić information content (AvgIpc) is 3.38. The van der Waals surface area contributed by atoms with Gasteiger partial charge in [0, 0.05) is 17.9 Å². The molecule has 28 heavy (non-hydrogen) atoms. The summed E-state index contributed by atoms with van der Waals surface area (Å²) in [6.45, 7) is 3.77. The second kappa shape index (κ2) is 8.80. The normalized spacial score (nSPS) is 16.4. The third-order valence-electron chi connectivity index (χ3n) is 5.09. The highest BCUT2D eigenvalue weighted by Gasteiger charge is 2.22. The summed E-state index contributed by atoms with van der Waals surface area (Å²) in [6, 6.07) is 16.5. The molecule has 5 nitrogen and oxygen atoms in total. The molecule has 1 aliphatic rings. The fraction of sp³-hybridized carbons (Fsp3) is 0.364. The minimum Gasteiger partial charge on any atom is -0.497 e. The Kier molecular flexibility index (Phi) is 5.98. The van der Waals surface area contributed by atoms with Crippen molar-refractivity contribution >= 4 is 11.8 Å². The zero-order valence-corrected chi connectivity index (χ0v) is 17.1. The van der Waals surface area contributed by atoms with E-state index in [2.05, 4.69) is 46.0 Å². The lowest BCUT2D eigenvalue weighted by molar-refractivity contribution is 0.0953. The Labute approximate surface area is 170 Å². The fourth-order valence-electron chi connectivity index (χ4n) is 3.42. The number of ether oxygens (including phenoxy) is 2. The minimum absolute atomic E-state index is 0.228. The molecule has 2 aromatic carbocycles. The van der Waals surface area contributed by atoms with Gasteiger partial charge >= 0.3 is 0 Å². The Morgan fingerprint density at radius 1 is 1.14 bits per heavy atom. The fourth-order valence-corrected chi connectivity index (χ4v) is 4.44. The third kappa shape index (κ3) is 4.23. The predicted octanol–water partition coefficient (Wildman–Crippen LogP) is 4.73. The molecule has 1 fully saturated rings. The van der Waals surface area contributed by atoms with E-state index in [9.17, 15) is 0 Å². The summed E-state index contributed by atoms with van der Waals surface area (Å²) in [5, 5.41) is 9.96. The standard InChI is InChI=1S/C22H25N3O2S/c1-16-6-3-4-7-18(16)15-28-22-24-23-21(17-9-11-19(26-2)12-10-17)25(22)14-20-8-5-13-27-20/h3-4,6-7,9-12,20H,5,8,13-15H2,1-2H3. The Bertz CT molecular complexity index is 918. The van der Waals surface area contributed by atoms with Crippen LogP contribution in [0.5, 0.6) is 5.75 Å². The van der Waals surface area contributed by atoms with E-state index < -0.39 is 0 Å². The van der Waals surface area contributed by atoms with E-state index in [4.69, 9.17) is 9.47 Å². The molecule has 0 spiro atoms. The topological polar surface area (TPSA) is 49.2 Å². The lowest BCUT2D eigenvalue weighted by Crippen LogP contribution is -2.16. The number of benzene rings is 2.